The van der Waals surface area contributed by atoms with Gasteiger partial charge < -0.3 is 10.0 Å². The number of H-pyrrole nitrogens is 1. The highest BCUT2D eigenvalue weighted by Gasteiger charge is 2.24. The molecule has 0 bridgehead atoms. The zero-order valence-electron chi connectivity index (χ0n) is 11.1. The van der Waals surface area contributed by atoms with Crippen molar-refractivity contribution in [1.82, 2.24) is 30.6 Å². The number of aromatic amines is 1. The van der Waals surface area contributed by atoms with Crippen molar-refractivity contribution in [3.8, 4) is 0 Å². The number of amides is 1. The van der Waals surface area contributed by atoms with Crippen molar-refractivity contribution < 1.29 is 9.90 Å². The van der Waals surface area contributed by atoms with Crippen molar-refractivity contribution in [3.63, 3.8) is 0 Å². The number of rotatable bonds is 3. The number of nitrogens with zero attached hydrogens (tertiary/aromatic N) is 6. The molecule has 0 radical (unpaired) electrons. The van der Waals surface area contributed by atoms with Gasteiger partial charge in [-0.05, 0) is 18.1 Å². The molecule has 3 rings (SSSR count). The van der Waals surface area contributed by atoms with Crippen LogP contribution in [0, 0.1) is 0 Å². The van der Waals surface area contributed by atoms with Gasteiger partial charge in [0.1, 0.15) is 0 Å². The number of carbonyl (C=O) groups excluding carboxylic acids is 1. The lowest BCUT2D eigenvalue weighted by molar-refractivity contribution is 0.102. The molecular formula is C11H14N8O2. The first-order valence-electron chi connectivity index (χ1n) is 6.53. The van der Waals surface area contributed by atoms with E-state index in [1.54, 1.807) is 0 Å². The van der Waals surface area contributed by atoms with Gasteiger partial charge in [0.25, 0.3) is 11.9 Å². The first kappa shape index (κ1) is 13.4. The molecule has 110 valence electrons. The van der Waals surface area contributed by atoms with E-state index in [0.717, 1.165) is 0 Å². The van der Waals surface area contributed by atoms with Gasteiger partial charge in [0.05, 0.1) is 6.10 Å². The van der Waals surface area contributed by atoms with Gasteiger partial charge in [0, 0.05) is 25.5 Å². The number of anilines is 2. The molecule has 3 heterocycles. The zero-order chi connectivity index (χ0) is 14.7. The Kier molecular flexibility index (Phi) is 3.69. The average molecular weight is 290 g/mol. The minimum absolute atomic E-state index is 0.0747. The summed E-state index contributed by atoms with van der Waals surface area (Å²) in [6.07, 6.45) is 3.97. The van der Waals surface area contributed by atoms with Gasteiger partial charge in [-0.2, -0.15) is 5.21 Å². The largest absolute Gasteiger partial charge is 0.393 e. The molecule has 1 saturated heterocycles. The lowest BCUT2D eigenvalue weighted by Gasteiger charge is -2.31. The second-order valence-electron chi connectivity index (χ2n) is 4.64. The van der Waals surface area contributed by atoms with Crippen molar-refractivity contribution in [2.24, 2.45) is 0 Å². The Morgan fingerprint density at radius 1 is 1.33 bits per heavy atom. The Hall–Kier alpha value is -2.62. The minimum Gasteiger partial charge on any atom is -0.393 e. The molecule has 0 spiro atoms. The molecular weight excluding hydrogens is 276 g/mol. The zero-order valence-corrected chi connectivity index (χ0v) is 11.1. The van der Waals surface area contributed by atoms with Gasteiger partial charge in [-0.15, -0.1) is 5.10 Å². The van der Waals surface area contributed by atoms with Gasteiger partial charge in [-0.25, -0.2) is 9.97 Å². The van der Waals surface area contributed by atoms with E-state index in [1.807, 2.05) is 4.90 Å². The molecule has 0 aliphatic carbocycles. The van der Waals surface area contributed by atoms with Crippen LogP contribution in [0.4, 0.5) is 11.8 Å². The molecule has 21 heavy (non-hydrogen) atoms. The Bertz CT molecular complexity index is 608. The SMILES string of the molecule is O=C(Nc1nn[nH]n1)c1nccnc1N1CCC(O)CC1. The van der Waals surface area contributed by atoms with Gasteiger partial charge >= 0.3 is 0 Å². The number of aliphatic hydroxyl groups excluding tert-OH is 1. The molecule has 0 saturated carbocycles. The number of hydrogen-bond donors (Lipinski definition) is 3. The molecule has 10 nitrogen and oxygen atoms in total. The molecule has 0 aromatic carbocycles. The smallest absolute Gasteiger partial charge is 0.280 e. The van der Waals surface area contributed by atoms with Gasteiger partial charge in [0.2, 0.25) is 0 Å². The third kappa shape index (κ3) is 2.94. The predicted octanol–water partition coefficient (Wildman–Crippen LogP) is -0.797. The van der Waals surface area contributed by atoms with Crippen molar-refractivity contribution in [1.29, 1.82) is 0 Å². The Labute approximate surface area is 119 Å². The monoisotopic (exact) mass is 290 g/mol. The van der Waals surface area contributed by atoms with Crippen LogP contribution in [0.5, 0.6) is 0 Å². The fraction of sp³-hybridized carbons (Fsp3) is 0.455. The fourth-order valence-corrected chi connectivity index (χ4v) is 2.18. The summed E-state index contributed by atoms with van der Waals surface area (Å²) in [5.74, 6) is 0.113. The Balaban J connectivity index is 1.80. The van der Waals surface area contributed by atoms with Crippen LogP contribution in [-0.2, 0) is 0 Å². The minimum atomic E-state index is -0.453. The quantitative estimate of drug-likeness (QED) is 0.669. The number of hydrogen-bond acceptors (Lipinski definition) is 8. The summed E-state index contributed by atoms with van der Waals surface area (Å²) in [6.45, 7) is 1.25. The summed E-state index contributed by atoms with van der Waals surface area (Å²) in [5.41, 5.74) is 0.193. The van der Waals surface area contributed by atoms with E-state index in [9.17, 15) is 9.90 Å². The van der Waals surface area contributed by atoms with E-state index in [-0.39, 0.29) is 17.7 Å². The second-order valence-corrected chi connectivity index (χ2v) is 4.64. The molecule has 2 aromatic heterocycles. The summed E-state index contributed by atoms with van der Waals surface area (Å²) >= 11 is 0. The van der Waals surface area contributed by atoms with Crippen LogP contribution in [0.2, 0.25) is 0 Å². The first-order chi connectivity index (χ1) is 10.2. The number of aromatic nitrogens is 6. The number of tetrazole rings is 1. The van der Waals surface area contributed by atoms with E-state index in [4.69, 9.17) is 0 Å². The molecule has 1 fully saturated rings. The van der Waals surface area contributed by atoms with Crippen LogP contribution in [0.3, 0.4) is 0 Å². The van der Waals surface area contributed by atoms with Crippen LogP contribution in [-0.4, -0.2) is 60.8 Å². The summed E-state index contributed by atoms with van der Waals surface area (Å²) in [4.78, 5) is 22.5. The first-order valence-corrected chi connectivity index (χ1v) is 6.53. The standard InChI is InChI=1S/C11H14N8O2/c20-7-1-5-19(6-2-7)9-8(12-3-4-13-9)10(21)14-11-15-17-18-16-11/h3-4,7,20H,1-2,5-6H2,(H2,14,15,16,17,18,21). The number of aliphatic hydroxyl groups is 1. The highest BCUT2D eigenvalue weighted by molar-refractivity contribution is 6.05. The highest BCUT2D eigenvalue weighted by atomic mass is 16.3. The van der Waals surface area contributed by atoms with Crippen molar-refractivity contribution in [2.45, 2.75) is 18.9 Å². The molecule has 10 heteroatoms. The van der Waals surface area contributed by atoms with Crippen LogP contribution in [0.15, 0.2) is 12.4 Å². The molecule has 1 aliphatic heterocycles. The molecule has 1 amide bonds. The van der Waals surface area contributed by atoms with E-state index in [0.29, 0.717) is 31.7 Å². The van der Waals surface area contributed by atoms with Crippen LogP contribution < -0.4 is 10.2 Å². The van der Waals surface area contributed by atoms with E-state index in [1.165, 1.54) is 12.4 Å². The van der Waals surface area contributed by atoms with Crippen molar-refractivity contribution in [3.05, 3.63) is 18.1 Å². The van der Waals surface area contributed by atoms with Crippen LogP contribution in [0.25, 0.3) is 0 Å². The van der Waals surface area contributed by atoms with Gasteiger partial charge in [-0.3, -0.25) is 10.1 Å². The molecule has 0 unspecified atom stereocenters. The molecule has 2 aromatic rings. The number of piperidine rings is 1. The summed E-state index contributed by atoms with van der Waals surface area (Å²) in [7, 11) is 0. The lowest BCUT2D eigenvalue weighted by Crippen LogP contribution is -2.37. The third-order valence-corrected chi connectivity index (χ3v) is 3.23. The average Bonchev–Trinajstić information content (AvgIpc) is 3.01. The maximum absolute atomic E-state index is 12.2. The third-order valence-electron chi connectivity index (χ3n) is 3.23. The normalized spacial score (nSPS) is 16.0. The Morgan fingerprint density at radius 2 is 2.10 bits per heavy atom. The lowest BCUT2D eigenvalue weighted by atomic mass is 10.1. The highest BCUT2D eigenvalue weighted by Crippen LogP contribution is 2.20. The molecule has 1 aliphatic rings. The van der Waals surface area contributed by atoms with Gasteiger partial charge in [0.15, 0.2) is 11.5 Å². The summed E-state index contributed by atoms with van der Waals surface area (Å²) in [5, 5.41) is 25.0. The van der Waals surface area contributed by atoms with Crippen LogP contribution >= 0.6 is 0 Å². The fourth-order valence-electron chi connectivity index (χ4n) is 2.18. The number of carbonyl (C=O) groups is 1. The topological polar surface area (TPSA) is 133 Å². The van der Waals surface area contributed by atoms with Crippen LogP contribution in [0.1, 0.15) is 23.3 Å². The van der Waals surface area contributed by atoms with Crippen molar-refractivity contribution >= 4 is 17.7 Å². The molecule has 3 N–H and O–H groups in total. The summed E-state index contributed by atoms with van der Waals surface area (Å²) in [6, 6.07) is 0. The van der Waals surface area contributed by atoms with Gasteiger partial charge in [-0.1, -0.05) is 5.10 Å². The van der Waals surface area contributed by atoms with Crippen molar-refractivity contribution in [2.75, 3.05) is 23.3 Å². The maximum atomic E-state index is 12.2. The molecule has 0 atom stereocenters. The number of nitrogens with one attached hydrogen (secondary N) is 2. The predicted molar refractivity (Wildman–Crippen MR) is 71.6 cm³/mol. The van der Waals surface area contributed by atoms with E-state index < -0.39 is 5.91 Å². The maximum Gasteiger partial charge on any atom is 0.280 e. The Morgan fingerprint density at radius 3 is 2.81 bits per heavy atom. The van der Waals surface area contributed by atoms with E-state index in [2.05, 4.69) is 35.9 Å². The second kappa shape index (κ2) is 5.79. The summed E-state index contributed by atoms with van der Waals surface area (Å²) < 4.78 is 0. The van der Waals surface area contributed by atoms with E-state index >= 15 is 0 Å².